The van der Waals surface area contributed by atoms with Gasteiger partial charge in [-0.3, -0.25) is 14.3 Å². The first-order chi connectivity index (χ1) is 11.6. The molecule has 2 heterocycles. The number of aromatic nitrogens is 2. The van der Waals surface area contributed by atoms with E-state index in [0.717, 1.165) is 5.56 Å². The van der Waals surface area contributed by atoms with E-state index in [2.05, 4.69) is 4.98 Å². The van der Waals surface area contributed by atoms with Crippen LogP contribution in [-0.4, -0.2) is 27.1 Å². The Morgan fingerprint density at radius 3 is 2.71 bits per heavy atom. The number of nitrogens with zero attached hydrogens (tertiary/aromatic N) is 3. The summed E-state index contributed by atoms with van der Waals surface area (Å²) in [4.78, 5) is 39.2. The first kappa shape index (κ1) is 15.6. The van der Waals surface area contributed by atoms with Gasteiger partial charge in [0, 0.05) is 13.1 Å². The lowest BCUT2D eigenvalue weighted by molar-refractivity contribution is 0.0861. The van der Waals surface area contributed by atoms with Crippen molar-refractivity contribution in [2.75, 3.05) is 6.54 Å². The molecular formula is C16H14N4O4. The zero-order valence-corrected chi connectivity index (χ0v) is 12.7. The molecule has 1 aromatic carbocycles. The van der Waals surface area contributed by atoms with Gasteiger partial charge in [0.2, 0.25) is 0 Å². The van der Waals surface area contributed by atoms with Gasteiger partial charge in [0.1, 0.15) is 18.2 Å². The van der Waals surface area contributed by atoms with Crippen LogP contribution in [-0.2, 0) is 24.4 Å². The molecule has 1 aromatic heterocycles. The minimum atomic E-state index is -0.742. The summed E-state index contributed by atoms with van der Waals surface area (Å²) in [5.41, 5.74) is -0.391. The third-order valence-corrected chi connectivity index (χ3v) is 3.82. The quantitative estimate of drug-likeness (QED) is 0.867. The molecule has 0 saturated heterocycles. The molecule has 0 spiro atoms. The number of carbonyl (C=O) groups is 1. The van der Waals surface area contributed by atoms with Gasteiger partial charge in [-0.25, -0.2) is 9.59 Å². The van der Waals surface area contributed by atoms with Crippen molar-refractivity contribution in [3.8, 4) is 6.07 Å². The van der Waals surface area contributed by atoms with Crippen LogP contribution in [0.2, 0.25) is 0 Å². The number of amides is 1. The fourth-order valence-corrected chi connectivity index (χ4v) is 2.58. The molecule has 0 aliphatic carbocycles. The minimum Gasteiger partial charge on any atom is -0.445 e. The highest BCUT2D eigenvalue weighted by molar-refractivity contribution is 5.68. The molecule has 3 rings (SSSR count). The van der Waals surface area contributed by atoms with Crippen molar-refractivity contribution < 1.29 is 9.53 Å². The maximum Gasteiger partial charge on any atom is 0.410 e. The van der Waals surface area contributed by atoms with E-state index in [9.17, 15) is 14.4 Å². The summed E-state index contributed by atoms with van der Waals surface area (Å²) in [6.07, 6.45) is -0.554. The number of rotatable bonds is 2. The average Bonchev–Trinajstić information content (AvgIpc) is 2.60. The number of aromatic amines is 1. The van der Waals surface area contributed by atoms with Crippen LogP contribution in [0.5, 0.6) is 0 Å². The van der Waals surface area contributed by atoms with Crippen molar-refractivity contribution in [2.45, 2.75) is 19.7 Å². The van der Waals surface area contributed by atoms with E-state index in [0.29, 0.717) is 0 Å². The molecule has 1 N–H and O–H groups in total. The highest BCUT2D eigenvalue weighted by Gasteiger charge is 2.26. The number of fused-ring (bicyclic) bond motifs is 1. The normalized spacial score (nSPS) is 13.0. The first-order valence-corrected chi connectivity index (χ1v) is 7.32. The topological polar surface area (TPSA) is 108 Å². The van der Waals surface area contributed by atoms with E-state index >= 15 is 0 Å². The maximum absolute atomic E-state index is 12.2. The van der Waals surface area contributed by atoms with Crippen molar-refractivity contribution in [1.29, 1.82) is 5.26 Å². The molecule has 0 radical (unpaired) electrons. The SMILES string of the molecule is N#Cc1c2n(c(=O)[nH]c1=O)CCN(C(=O)OCc1ccccc1)C2. The second kappa shape index (κ2) is 6.42. The summed E-state index contributed by atoms with van der Waals surface area (Å²) in [6, 6.07) is 11.0. The molecule has 0 saturated carbocycles. The maximum atomic E-state index is 12.2. The average molecular weight is 326 g/mol. The molecule has 122 valence electrons. The molecule has 0 atom stereocenters. The second-order valence-electron chi connectivity index (χ2n) is 5.31. The highest BCUT2D eigenvalue weighted by Crippen LogP contribution is 2.13. The Balaban J connectivity index is 1.77. The van der Waals surface area contributed by atoms with Crippen LogP contribution in [0, 0.1) is 11.3 Å². The number of nitrogens with one attached hydrogen (secondary N) is 1. The number of hydrogen-bond donors (Lipinski definition) is 1. The van der Waals surface area contributed by atoms with Crippen molar-refractivity contribution in [3.63, 3.8) is 0 Å². The molecule has 0 unspecified atom stereocenters. The van der Waals surface area contributed by atoms with Gasteiger partial charge in [0.25, 0.3) is 5.56 Å². The van der Waals surface area contributed by atoms with E-state index in [4.69, 9.17) is 10.00 Å². The van der Waals surface area contributed by atoms with Gasteiger partial charge in [0.15, 0.2) is 0 Å². The van der Waals surface area contributed by atoms with Crippen LogP contribution in [0.3, 0.4) is 0 Å². The Morgan fingerprint density at radius 2 is 2.00 bits per heavy atom. The van der Waals surface area contributed by atoms with Gasteiger partial charge in [-0.15, -0.1) is 0 Å². The van der Waals surface area contributed by atoms with Gasteiger partial charge in [-0.1, -0.05) is 30.3 Å². The fourth-order valence-electron chi connectivity index (χ4n) is 2.58. The molecule has 0 fully saturated rings. The molecule has 1 aliphatic rings. The van der Waals surface area contributed by atoms with Gasteiger partial charge in [0.05, 0.1) is 12.2 Å². The number of carbonyl (C=O) groups excluding carboxylic acids is 1. The van der Waals surface area contributed by atoms with Crippen LogP contribution < -0.4 is 11.2 Å². The summed E-state index contributed by atoms with van der Waals surface area (Å²) in [7, 11) is 0. The predicted octanol–water partition coefficient (Wildman–Crippen LogP) is 0.561. The number of hydrogen-bond acceptors (Lipinski definition) is 5. The van der Waals surface area contributed by atoms with Crippen LogP contribution in [0.25, 0.3) is 0 Å². The Hall–Kier alpha value is -3.34. The molecular weight excluding hydrogens is 312 g/mol. The lowest BCUT2D eigenvalue weighted by atomic mass is 10.2. The minimum absolute atomic E-state index is 0.0182. The summed E-state index contributed by atoms with van der Waals surface area (Å²) >= 11 is 0. The van der Waals surface area contributed by atoms with Gasteiger partial charge in [-0.05, 0) is 5.56 Å². The number of ether oxygens (including phenoxy) is 1. The summed E-state index contributed by atoms with van der Waals surface area (Å²) in [6.45, 7) is 0.566. The molecule has 1 aliphatic heterocycles. The Kier molecular flexibility index (Phi) is 4.16. The zero-order valence-electron chi connectivity index (χ0n) is 12.7. The number of benzene rings is 1. The summed E-state index contributed by atoms with van der Waals surface area (Å²) < 4.78 is 6.55. The third kappa shape index (κ3) is 2.92. The lowest BCUT2D eigenvalue weighted by Crippen LogP contribution is -2.46. The van der Waals surface area contributed by atoms with Gasteiger partial charge >= 0.3 is 11.8 Å². The van der Waals surface area contributed by atoms with Crippen LogP contribution in [0.4, 0.5) is 4.79 Å². The monoisotopic (exact) mass is 326 g/mol. The fraction of sp³-hybridized carbons (Fsp3) is 0.250. The molecule has 2 aromatic rings. The van der Waals surface area contributed by atoms with Crippen LogP contribution in [0.1, 0.15) is 16.8 Å². The largest absolute Gasteiger partial charge is 0.445 e. The summed E-state index contributed by atoms with van der Waals surface area (Å²) in [5.74, 6) is 0. The summed E-state index contributed by atoms with van der Waals surface area (Å²) in [5, 5.41) is 9.12. The van der Waals surface area contributed by atoms with E-state index in [1.54, 1.807) is 6.07 Å². The Morgan fingerprint density at radius 1 is 1.25 bits per heavy atom. The van der Waals surface area contributed by atoms with E-state index < -0.39 is 17.3 Å². The zero-order chi connectivity index (χ0) is 17.1. The Labute approximate surface area is 136 Å². The highest BCUT2D eigenvalue weighted by atomic mass is 16.6. The van der Waals surface area contributed by atoms with Crippen molar-refractivity contribution >= 4 is 6.09 Å². The van der Waals surface area contributed by atoms with Crippen molar-refractivity contribution in [2.24, 2.45) is 0 Å². The smallest absolute Gasteiger partial charge is 0.410 e. The molecule has 0 bridgehead atoms. The molecule has 8 heteroatoms. The molecule has 24 heavy (non-hydrogen) atoms. The van der Waals surface area contributed by atoms with E-state index in [-0.39, 0.29) is 37.5 Å². The second-order valence-corrected chi connectivity index (χ2v) is 5.31. The van der Waals surface area contributed by atoms with Crippen LogP contribution in [0.15, 0.2) is 39.9 Å². The Bertz CT molecular complexity index is 924. The van der Waals surface area contributed by atoms with E-state index in [1.165, 1.54) is 9.47 Å². The standard InChI is InChI=1S/C16H14N4O4/c17-8-12-13-9-19(6-7-20(13)15(22)18-14(12)21)16(23)24-10-11-4-2-1-3-5-11/h1-5H,6-7,9-10H2,(H,18,21,22). The van der Waals surface area contributed by atoms with E-state index in [1.807, 2.05) is 30.3 Å². The lowest BCUT2D eigenvalue weighted by Gasteiger charge is -2.29. The van der Waals surface area contributed by atoms with Gasteiger partial charge in [-0.2, -0.15) is 5.26 Å². The predicted molar refractivity (Wildman–Crippen MR) is 83.1 cm³/mol. The molecule has 1 amide bonds. The molecule has 8 nitrogen and oxygen atoms in total. The first-order valence-electron chi connectivity index (χ1n) is 7.32. The van der Waals surface area contributed by atoms with Gasteiger partial charge < -0.3 is 9.64 Å². The van der Waals surface area contributed by atoms with Crippen molar-refractivity contribution in [1.82, 2.24) is 14.5 Å². The third-order valence-electron chi connectivity index (χ3n) is 3.82. The van der Waals surface area contributed by atoms with Crippen molar-refractivity contribution in [3.05, 3.63) is 68.0 Å². The number of nitriles is 1. The number of H-pyrrole nitrogens is 1. The van der Waals surface area contributed by atoms with Crippen LogP contribution >= 0.6 is 0 Å².